The number of ether oxygens (including phenoxy) is 6. The van der Waals surface area contributed by atoms with Crippen LogP contribution in [0, 0.1) is 5.92 Å². The van der Waals surface area contributed by atoms with Gasteiger partial charge in [-0.3, -0.25) is 4.79 Å². The molecule has 5 atom stereocenters. The molecule has 3 aromatic rings. The molecule has 294 valence electrons. The number of methoxy groups -OCH3 is 1. The number of aromatic nitrogens is 3. The average Bonchev–Trinajstić information content (AvgIpc) is 3.60. The zero-order chi connectivity index (χ0) is 40.3. The first-order valence-electron chi connectivity index (χ1n) is 17.2. The summed E-state index contributed by atoms with van der Waals surface area (Å²) in [6.45, 7) is 13.6. The van der Waals surface area contributed by atoms with Gasteiger partial charge in [0.2, 0.25) is 10.9 Å². The smallest absolute Gasteiger partial charge is 0.425 e. The number of anilines is 1. The summed E-state index contributed by atoms with van der Waals surface area (Å²) in [5.41, 5.74) is -3.38. The summed E-state index contributed by atoms with van der Waals surface area (Å²) in [4.78, 5) is 74.4. The summed E-state index contributed by atoms with van der Waals surface area (Å²) in [6.07, 6.45) is -5.01. The molecule has 1 unspecified atom stereocenters. The van der Waals surface area contributed by atoms with E-state index in [1.165, 1.54) is 43.0 Å². The van der Waals surface area contributed by atoms with Crippen LogP contribution in [0.5, 0.6) is 0 Å². The second-order valence-corrected chi connectivity index (χ2v) is 15.1. The monoisotopic (exact) mass is 776 g/mol. The zero-order valence-electron chi connectivity index (χ0n) is 31.9. The third-order valence-corrected chi connectivity index (χ3v) is 8.50. The van der Waals surface area contributed by atoms with E-state index >= 15 is 4.39 Å². The summed E-state index contributed by atoms with van der Waals surface area (Å²) in [5, 5.41) is -0.258. The van der Waals surface area contributed by atoms with Gasteiger partial charge in [0.1, 0.15) is 16.8 Å². The first kappa shape index (κ1) is 42.1. The number of nitrogens with zero attached hydrogens (tertiary/aromatic N) is 4. The molecule has 3 heterocycles. The maximum atomic E-state index is 16.2. The van der Waals surface area contributed by atoms with Crippen LogP contribution in [0.4, 0.5) is 19.8 Å². The normalized spacial score (nSPS) is 19.9. The summed E-state index contributed by atoms with van der Waals surface area (Å²) in [6, 6.07) is 7.54. The molecule has 2 amide bonds. The molecular formula is C37H46ClFN4O11. The SMILES string of the molecule is CCOC(=O)C(Cc1ccc(C(=O)OC)cc1)(OC[C@H]1O[C@@H](n2ccc3c(N(C(=O)OC(C)(C)C)C(=O)OC(C)(C)C)nc(Cl)nc32)[C@@H](F)[C@@H]1C)C(C)=O. The average molecular weight is 777 g/mol. The van der Waals surface area contributed by atoms with Gasteiger partial charge in [-0.15, -0.1) is 0 Å². The molecular weight excluding hydrogens is 731 g/mol. The molecule has 1 aliphatic heterocycles. The minimum absolute atomic E-state index is 0.0172. The Hall–Kier alpha value is -4.67. The molecule has 54 heavy (non-hydrogen) atoms. The number of carbonyl (C=O) groups excluding carboxylic acids is 5. The number of carbonyl (C=O) groups is 5. The number of hydrogen-bond acceptors (Lipinski definition) is 13. The van der Waals surface area contributed by atoms with Crippen LogP contribution >= 0.6 is 11.6 Å². The van der Waals surface area contributed by atoms with Crippen LogP contribution in [0.1, 0.15) is 84.5 Å². The van der Waals surface area contributed by atoms with Gasteiger partial charge in [0, 0.05) is 18.5 Å². The number of rotatable bonds is 11. The van der Waals surface area contributed by atoms with Crippen molar-refractivity contribution in [3.8, 4) is 0 Å². The topological polar surface area (TPSA) is 175 Å². The quantitative estimate of drug-likeness (QED) is 0.0886. The lowest BCUT2D eigenvalue weighted by molar-refractivity contribution is -0.182. The molecule has 0 saturated carbocycles. The van der Waals surface area contributed by atoms with Crippen LogP contribution < -0.4 is 4.90 Å². The maximum Gasteiger partial charge on any atom is 0.425 e. The van der Waals surface area contributed by atoms with Crippen LogP contribution in [0.3, 0.4) is 0 Å². The number of esters is 2. The van der Waals surface area contributed by atoms with Gasteiger partial charge in [-0.25, -0.2) is 23.6 Å². The number of benzene rings is 1. The van der Waals surface area contributed by atoms with E-state index in [1.54, 1.807) is 67.5 Å². The Morgan fingerprint density at radius 3 is 2.07 bits per heavy atom. The number of Topliss-reactive ketones (excluding diaryl/α,β-unsaturated/α-hetero) is 1. The van der Waals surface area contributed by atoms with E-state index in [0.29, 0.717) is 10.5 Å². The fraction of sp³-hybridized carbons (Fsp3) is 0.541. The summed E-state index contributed by atoms with van der Waals surface area (Å²) >= 11 is 6.34. The van der Waals surface area contributed by atoms with Crippen LogP contribution in [0.25, 0.3) is 11.0 Å². The van der Waals surface area contributed by atoms with Crippen molar-refractivity contribution >= 4 is 58.4 Å². The Balaban J connectivity index is 1.67. The summed E-state index contributed by atoms with van der Waals surface area (Å²) < 4.78 is 50.8. The highest BCUT2D eigenvalue weighted by molar-refractivity contribution is 6.29. The van der Waals surface area contributed by atoms with Crippen LogP contribution in [-0.2, 0) is 44.4 Å². The first-order chi connectivity index (χ1) is 25.1. The highest BCUT2D eigenvalue weighted by Crippen LogP contribution is 2.40. The van der Waals surface area contributed by atoms with E-state index in [1.807, 2.05) is 0 Å². The predicted molar refractivity (Wildman–Crippen MR) is 193 cm³/mol. The van der Waals surface area contributed by atoms with Crippen LogP contribution in [0.2, 0.25) is 5.28 Å². The van der Waals surface area contributed by atoms with Gasteiger partial charge in [0.05, 0.1) is 37.4 Å². The number of fused-ring (bicyclic) bond motifs is 1. The molecule has 17 heteroatoms. The second kappa shape index (κ2) is 16.4. The number of alkyl halides is 1. The van der Waals surface area contributed by atoms with Crippen molar-refractivity contribution in [2.75, 3.05) is 25.2 Å². The lowest BCUT2D eigenvalue weighted by Gasteiger charge is -2.31. The fourth-order valence-corrected chi connectivity index (χ4v) is 5.83. The number of imide groups is 1. The lowest BCUT2D eigenvalue weighted by atomic mass is 9.89. The molecule has 1 saturated heterocycles. The minimum atomic E-state index is -2.13. The van der Waals surface area contributed by atoms with Crippen molar-refractivity contribution in [3.63, 3.8) is 0 Å². The van der Waals surface area contributed by atoms with Gasteiger partial charge >= 0.3 is 24.1 Å². The van der Waals surface area contributed by atoms with Crippen LogP contribution in [0.15, 0.2) is 36.5 Å². The Morgan fingerprint density at radius 1 is 0.963 bits per heavy atom. The van der Waals surface area contributed by atoms with Crippen LogP contribution in [-0.4, -0.2) is 93.8 Å². The standard InChI is InChI=1S/C37H46ClFN4O11/c1-11-50-31(46)37(21(3)44,18-22-12-14-23(15-13-22)30(45)49-10)51-19-25-20(2)26(39)29(52-25)42-17-16-24-27(42)40-32(38)41-28(24)43(33(47)53-35(4,5)6)34(48)54-36(7,8)9/h12-17,20,25-26,29H,11,18-19H2,1-10H3/t20-,25-,26+,29-,37?/m1/s1. The predicted octanol–water partition coefficient (Wildman–Crippen LogP) is 6.57. The molecule has 0 N–H and O–H groups in total. The molecule has 1 aromatic carbocycles. The van der Waals surface area contributed by atoms with Gasteiger partial charge in [0.15, 0.2) is 24.0 Å². The third-order valence-electron chi connectivity index (χ3n) is 8.33. The van der Waals surface area contributed by atoms with Gasteiger partial charge in [-0.2, -0.15) is 14.9 Å². The molecule has 1 fully saturated rings. The van der Waals surface area contributed by atoms with Crippen molar-refractivity contribution in [3.05, 3.63) is 52.9 Å². The zero-order valence-corrected chi connectivity index (χ0v) is 32.7. The number of halogens is 2. The molecule has 2 aromatic heterocycles. The fourth-order valence-electron chi connectivity index (χ4n) is 5.67. The van der Waals surface area contributed by atoms with E-state index in [0.717, 1.165) is 0 Å². The Kier molecular flexibility index (Phi) is 12.8. The second-order valence-electron chi connectivity index (χ2n) is 14.7. The maximum absolute atomic E-state index is 16.2. The molecule has 4 rings (SSSR count). The van der Waals surface area contributed by atoms with Crippen molar-refractivity contribution in [1.82, 2.24) is 14.5 Å². The van der Waals surface area contributed by atoms with E-state index in [-0.39, 0.29) is 40.7 Å². The first-order valence-corrected chi connectivity index (χ1v) is 17.6. The van der Waals surface area contributed by atoms with Gasteiger partial charge < -0.3 is 33.0 Å². The van der Waals surface area contributed by atoms with Crippen molar-refractivity contribution in [2.24, 2.45) is 5.92 Å². The van der Waals surface area contributed by atoms with Gasteiger partial charge in [0.25, 0.3) is 0 Å². The van der Waals surface area contributed by atoms with Crippen molar-refractivity contribution in [1.29, 1.82) is 0 Å². The molecule has 15 nitrogen and oxygen atoms in total. The van der Waals surface area contributed by atoms with E-state index < -0.39 is 77.7 Å². The van der Waals surface area contributed by atoms with Crippen molar-refractivity contribution < 1.29 is 56.8 Å². The van der Waals surface area contributed by atoms with Gasteiger partial charge in [-0.1, -0.05) is 19.1 Å². The Bertz CT molecular complexity index is 1860. The van der Waals surface area contributed by atoms with E-state index in [4.69, 9.17) is 40.0 Å². The minimum Gasteiger partial charge on any atom is -0.465 e. The number of ketones is 1. The summed E-state index contributed by atoms with van der Waals surface area (Å²) in [5.74, 6) is -3.27. The highest BCUT2D eigenvalue weighted by atomic mass is 35.5. The van der Waals surface area contributed by atoms with E-state index in [9.17, 15) is 24.0 Å². The highest BCUT2D eigenvalue weighted by Gasteiger charge is 2.50. The number of amides is 2. The molecule has 0 spiro atoms. The molecule has 0 bridgehead atoms. The number of hydrogen-bond donors (Lipinski definition) is 0. The molecule has 0 radical (unpaired) electrons. The molecule has 1 aliphatic rings. The van der Waals surface area contributed by atoms with Crippen molar-refractivity contribution in [2.45, 2.75) is 104 Å². The Morgan fingerprint density at radius 2 is 1.56 bits per heavy atom. The largest absolute Gasteiger partial charge is 0.465 e. The van der Waals surface area contributed by atoms with E-state index in [2.05, 4.69) is 9.97 Å². The Labute approximate surface area is 317 Å². The summed E-state index contributed by atoms with van der Waals surface area (Å²) in [7, 11) is 1.25. The third kappa shape index (κ3) is 9.33. The lowest BCUT2D eigenvalue weighted by Crippen LogP contribution is -2.52. The molecule has 0 aliphatic carbocycles. The van der Waals surface area contributed by atoms with Gasteiger partial charge in [-0.05, 0) is 90.8 Å².